The number of imide groups is 1. The molecular formula is C29H34N4O6. The first-order valence-electron chi connectivity index (χ1n) is 13.4. The summed E-state index contributed by atoms with van der Waals surface area (Å²) in [4.78, 5) is 36.9. The van der Waals surface area contributed by atoms with Gasteiger partial charge in [-0.05, 0) is 48.4 Å². The van der Waals surface area contributed by atoms with Crippen LogP contribution in [0, 0.1) is 0 Å². The van der Waals surface area contributed by atoms with Crippen LogP contribution in [0.3, 0.4) is 0 Å². The minimum atomic E-state index is -1.08. The molecule has 10 heteroatoms. The van der Waals surface area contributed by atoms with E-state index in [4.69, 9.17) is 14.2 Å². The highest BCUT2D eigenvalue weighted by Gasteiger charge is 2.60. The Hall–Kier alpha value is -3.60. The highest BCUT2D eigenvalue weighted by atomic mass is 16.5. The van der Waals surface area contributed by atoms with Crippen LogP contribution in [-0.2, 0) is 20.7 Å². The molecule has 206 valence electrons. The Bertz CT molecular complexity index is 1400. The molecule has 4 heterocycles. The van der Waals surface area contributed by atoms with E-state index in [9.17, 15) is 14.7 Å². The SMILES string of the molecule is COCCOc1ccc2[nH]c3c(c2c1)CC1(C)C(=O)N(CCN2CCOCC2)C(=O)N1C3c1cccc(O)c1. The lowest BCUT2D eigenvalue weighted by molar-refractivity contribution is -0.133. The molecule has 2 fully saturated rings. The van der Waals surface area contributed by atoms with E-state index in [1.165, 1.54) is 4.90 Å². The molecule has 2 unspecified atom stereocenters. The molecule has 0 aliphatic carbocycles. The van der Waals surface area contributed by atoms with Crippen LogP contribution >= 0.6 is 0 Å². The number of rotatable bonds is 8. The Labute approximate surface area is 227 Å². The van der Waals surface area contributed by atoms with Crippen molar-refractivity contribution in [1.29, 1.82) is 0 Å². The average molecular weight is 535 g/mol. The zero-order chi connectivity index (χ0) is 27.1. The molecule has 6 rings (SSSR count). The van der Waals surface area contributed by atoms with Gasteiger partial charge >= 0.3 is 6.03 Å². The number of aromatic amines is 1. The fraction of sp³-hybridized carbons (Fsp3) is 0.448. The van der Waals surface area contributed by atoms with Gasteiger partial charge in [-0.25, -0.2) is 4.79 Å². The Balaban J connectivity index is 1.41. The monoisotopic (exact) mass is 534 g/mol. The first-order chi connectivity index (χ1) is 18.9. The number of hydrogen-bond donors (Lipinski definition) is 2. The Morgan fingerprint density at radius 2 is 1.92 bits per heavy atom. The third kappa shape index (κ3) is 4.42. The van der Waals surface area contributed by atoms with Crippen LogP contribution < -0.4 is 4.74 Å². The fourth-order valence-electron chi connectivity index (χ4n) is 6.13. The number of nitrogens with zero attached hydrogens (tertiary/aromatic N) is 3. The fourth-order valence-corrected chi connectivity index (χ4v) is 6.13. The summed E-state index contributed by atoms with van der Waals surface area (Å²) in [6, 6.07) is 11.9. The number of nitrogens with one attached hydrogen (secondary N) is 1. The number of benzene rings is 2. The van der Waals surface area contributed by atoms with Crippen LogP contribution in [0.2, 0.25) is 0 Å². The summed E-state index contributed by atoms with van der Waals surface area (Å²) >= 11 is 0. The molecule has 0 bridgehead atoms. The second-order valence-electron chi connectivity index (χ2n) is 10.6. The number of aromatic nitrogens is 1. The zero-order valence-electron chi connectivity index (χ0n) is 22.3. The first-order valence-corrected chi connectivity index (χ1v) is 13.4. The van der Waals surface area contributed by atoms with Crippen LogP contribution in [-0.4, -0.2) is 102 Å². The van der Waals surface area contributed by atoms with Crippen LogP contribution in [0.15, 0.2) is 42.5 Å². The van der Waals surface area contributed by atoms with Crippen molar-refractivity contribution < 1.29 is 28.9 Å². The van der Waals surface area contributed by atoms with Gasteiger partial charge in [0.25, 0.3) is 5.91 Å². The summed E-state index contributed by atoms with van der Waals surface area (Å²) in [5, 5.41) is 11.3. The number of urea groups is 1. The number of phenols is 1. The zero-order valence-corrected chi connectivity index (χ0v) is 22.3. The molecule has 0 saturated carbocycles. The van der Waals surface area contributed by atoms with Gasteiger partial charge in [-0.15, -0.1) is 0 Å². The summed E-state index contributed by atoms with van der Waals surface area (Å²) in [6.45, 7) is 6.58. The van der Waals surface area contributed by atoms with Crippen molar-refractivity contribution in [3.8, 4) is 11.5 Å². The van der Waals surface area contributed by atoms with Crippen molar-refractivity contribution >= 4 is 22.8 Å². The number of carbonyl (C=O) groups excluding carboxylic acids is 2. The lowest BCUT2D eigenvalue weighted by Crippen LogP contribution is -2.53. The summed E-state index contributed by atoms with van der Waals surface area (Å²) in [5.41, 5.74) is 2.39. The van der Waals surface area contributed by atoms with Gasteiger partial charge in [-0.3, -0.25) is 19.5 Å². The minimum absolute atomic E-state index is 0.105. The van der Waals surface area contributed by atoms with Crippen molar-refractivity contribution in [3.05, 3.63) is 59.3 Å². The highest BCUT2D eigenvalue weighted by Crippen LogP contribution is 2.49. The normalized spacial score (nSPS) is 23.4. The number of carbonyl (C=O) groups is 2. The number of hydrogen-bond acceptors (Lipinski definition) is 7. The molecular weight excluding hydrogens is 500 g/mol. The standard InChI is InChI=1S/C29H34N4O6/c1-29-18-23-22-17-21(39-15-14-37-2)6-7-24(22)30-25(23)26(19-4-3-5-20(34)16-19)33(29)28(36)32(27(29)35)9-8-31-10-12-38-13-11-31/h3-7,16-17,26,30,34H,8-15,18H2,1-2H3. The van der Waals surface area contributed by atoms with Crippen LogP contribution in [0.1, 0.15) is 29.8 Å². The summed E-state index contributed by atoms with van der Waals surface area (Å²) in [6.07, 6.45) is 0.373. The maximum atomic E-state index is 14.0. The van der Waals surface area contributed by atoms with E-state index in [0.29, 0.717) is 51.7 Å². The average Bonchev–Trinajstić information content (AvgIpc) is 3.38. The maximum Gasteiger partial charge on any atom is 0.328 e. The molecule has 2 atom stereocenters. The molecule has 0 spiro atoms. The van der Waals surface area contributed by atoms with Crippen molar-refractivity contribution in [1.82, 2.24) is 19.7 Å². The van der Waals surface area contributed by atoms with Crippen LogP contribution in [0.25, 0.3) is 10.9 Å². The van der Waals surface area contributed by atoms with Crippen LogP contribution in [0.5, 0.6) is 11.5 Å². The Kier molecular flexibility index (Phi) is 6.70. The smallest absolute Gasteiger partial charge is 0.328 e. The van der Waals surface area contributed by atoms with E-state index >= 15 is 0 Å². The third-order valence-corrected chi connectivity index (χ3v) is 8.12. The van der Waals surface area contributed by atoms with E-state index < -0.39 is 11.6 Å². The van der Waals surface area contributed by atoms with E-state index in [2.05, 4.69) is 9.88 Å². The topological polar surface area (TPSA) is 108 Å². The highest BCUT2D eigenvalue weighted by molar-refractivity contribution is 6.08. The molecule has 10 nitrogen and oxygen atoms in total. The predicted octanol–water partition coefficient (Wildman–Crippen LogP) is 2.90. The lowest BCUT2D eigenvalue weighted by atomic mass is 9.81. The first kappa shape index (κ1) is 25.7. The largest absolute Gasteiger partial charge is 0.508 e. The third-order valence-electron chi connectivity index (χ3n) is 8.12. The van der Waals surface area contributed by atoms with E-state index in [0.717, 1.165) is 40.8 Å². The molecule has 3 aliphatic rings. The van der Waals surface area contributed by atoms with E-state index in [1.54, 1.807) is 30.2 Å². The number of fused-ring (bicyclic) bond motifs is 4. The van der Waals surface area contributed by atoms with Crippen LogP contribution in [0.4, 0.5) is 4.79 Å². The number of amides is 3. The number of methoxy groups -OCH3 is 1. The molecule has 39 heavy (non-hydrogen) atoms. The Morgan fingerprint density at radius 3 is 2.69 bits per heavy atom. The summed E-state index contributed by atoms with van der Waals surface area (Å²) in [7, 11) is 1.63. The van der Waals surface area contributed by atoms with E-state index in [1.807, 2.05) is 31.2 Å². The molecule has 2 saturated heterocycles. The molecule has 2 aromatic carbocycles. The summed E-state index contributed by atoms with van der Waals surface area (Å²) < 4.78 is 16.4. The molecule has 1 aromatic heterocycles. The van der Waals surface area contributed by atoms with Crippen molar-refractivity contribution in [2.45, 2.75) is 24.9 Å². The van der Waals surface area contributed by atoms with Gasteiger partial charge in [-0.1, -0.05) is 12.1 Å². The summed E-state index contributed by atoms with van der Waals surface area (Å²) in [5.74, 6) is 0.621. The van der Waals surface area contributed by atoms with Gasteiger partial charge in [0.2, 0.25) is 0 Å². The molecule has 3 aromatic rings. The number of morpholine rings is 1. The molecule has 0 radical (unpaired) electrons. The number of phenolic OH excluding ortho intramolecular Hbond substituents is 1. The number of H-pyrrole nitrogens is 1. The van der Waals surface area contributed by atoms with Gasteiger partial charge in [0.05, 0.1) is 19.8 Å². The van der Waals surface area contributed by atoms with Gasteiger partial charge < -0.3 is 24.3 Å². The maximum absolute atomic E-state index is 14.0. The number of aromatic hydroxyl groups is 1. The molecule has 3 amide bonds. The van der Waals surface area contributed by atoms with Crippen molar-refractivity contribution in [2.75, 3.05) is 59.7 Å². The van der Waals surface area contributed by atoms with Gasteiger partial charge in [0.1, 0.15) is 29.7 Å². The van der Waals surface area contributed by atoms with Gasteiger partial charge in [0.15, 0.2) is 0 Å². The van der Waals surface area contributed by atoms with Crippen molar-refractivity contribution in [2.24, 2.45) is 0 Å². The lowest BCUT2D eigenvalue weighted by Gasteiger charge is -2.42. The quantitative estimate of drug-likeness (QED) is 0.338. The number of ether oxygens (including phenoxy) is 3. The second-order valence-corrected chi connectivity index (χ2v) is 10.6. The predicted molar refractivity (Wildman–Crippen MR) is 144 cm³/mol. The van der Waals surface area contributed by atoms with E-state index in [-0.39, 0.29) is 17.7 Å². The van der Waals surface area contributed by atoms with Gasteiger partial charge in [0, 0.05) is 56.3 Å². The molecule has 2 N–H and O–H groups in total. The van der Waals surface area contributed by atoms with Gasteiger partial charge in [-0.2, -0.15) is 0 Å². The van der Waals surface area contributed by atoms with Crippen molar-refractivity contribution in [3.63, 3.8) is 0 Å². The second kappa shape index (κ2) is 10.2. The Morgan fingerprint density at radius 1 is 1.10 bits per heavy atom. The molecule has 3 aliphatic heterocycles. The minimum Gasteiger partial charge on any atom is -0.508 e.